The van der Waals surface area contributed by atoms with E-state index in [4.69, 9.17) is 63.3 Å². The summed E-state index contributed by atoms with van der Waals surface area (Å²) in [5.74, 6) is -1.27. The van der Waals surface area contributed by atoms with Gasteiger partial charge >= 0.3 is 14.6 Å². The fourth-order valence-electron chi connectivity index (χ4n) is 4.20. The van der Waals surface area contributed by atoms with Gasteiger partial charge in [0, 0.05) is 18.4 Å². The van der Waals surface area contributed by atoms with E-state index >= 15 is 0 Å². The van der Waals surface area contributed by atoms with Gasteiger partial charge in [-0.1, -0.05) is 41.5 Å². The molecule has 0 aromatic rings. The third-order valence-corrected chi connectivity index (χ3v) is 19.3. The molecule has 0 aliphatic carbocycles. The van der Waals surface area contributed by atoms with Crippen LogP contribution < -0.4 is 5.73 Å². The molecule has 0 aromatic heterocycles. The highest BCUT2D eigenvalue weighted by Gasteiger charge is 2.51. The third-order valence-electron chi connectivity index (χ3n) is 9.14. The largest absolute Gasteiger partial charge is 0.463 e. The van der Waals surface area contributed by atoms with Crippen molar-refractivity contribution >= 4 is 52.8 Å². The van der Waals surface area contributed by atoms with Crippen molar-refractivity contribution in [1.29, 1.82) is 5.26 Å². The van der Waals surface area contributed by atoms with E-state index in [1.165, 1.54) is 0 Å². The van der Waals surface area contributed by atoms with Crippen molar-refractivity contribution in [2.24, 2.45) is 5.73 Å². The van der Waals surface area contributed by atoms with Gasteiger partial charge in [0.2, 0.25) is 5.91 Å². The van der Waals surface area contributed by atoms with E-state index in [1.807, 2.05) is 6.07 Å². The van der Waals surface area contributed by atoms with Gasteiger partial charge in [-0.2, -0.15) is 5.26 Å². The first-order valence-electron chi connectivity index (χ1n) is 15.9. The molecular weight excluding hydrogens is 661 g/mol. The smallest absolute Gasteiger partial charge is 0.333 e. The highest BCUT2D eigenvalue weighted by molar-refractivity contribution is 7.41. The molecule has 1 amide bonds. The predicted molar refractivity (Wildman–Crippen MR) is 182 cm³/mol. The van der Waals surface area contributed by atoms with Crippen LogP contribution in [0.5, 0.6) is 0 Å². The first-order chi connectivity index (χ1) is 21.5. The van der Waals surface area contributed by atoms with Crippen LogP contribution in [0, 0.1) is 11.3 Å². The van der Waals surface area contributed by atoms with Crippen LogP contribution in [0.4, 0.5) is 0 Å². The third kappa shape index (κ3) is 12.1. The number of nitrogens with zero attached hydrogens (tertiary/aromatic N) is 1. The summed E-state index contributed by atoms with van der Waals surface area (Å²) in [6, 6.07) is 0.200. The van der Waals surface area contributed by atoms with Gasteiger partial charge in [-0.15, -0.1) is 0 Å². The van der Waals surface area contributed by atoms with Gasteiger partial charge in [0.05, 0.1) is 44.3 Å². The Bertz CT molecular complexity index is 1090. The summed E-state index contributed by atoms with van der Waals surface area (Å²) in [5, 5.41) is 20.0. The van der Waals surface area contributed by atoms with E-state index < -0.39 is 85.7 Å². The zero-order valence-electron chi connectivity index (χ0n) is 29.5. The van der Waals surface area contributed by atoms with Crippen LogP contribution in [0.25, 0.3) is 0 Å². The summed E-state index contributed by atoms with van der Waals surface area (Å²) in [7, 11) is 5.75. The fourth-order valence-corrected chi connectivity index (χ4v) is 7.97. The highest BCUT2D eigenvalue weighted by atomic mass is 31.2. The van der Waals surface area contributed by atoms with Crippen molar-refractivity contribution in [3.05, 3.63) is 0 Å². The minimum atomic E-state index is -2.43. The van der Waals surface area contributed by atoms with Gasteiger partial charge in [-0.05, 0) is 36.3 Å². The maximum absolute atomic E-state index is 12.3. The molecule has 0 bridgehead atoms. The number of carbonyl (C=O) groups is 2. The standard InChI is InChI=1S/C29H53B2N2O11PSi2/c1-28(2,3)46(7,8)43-24-22(36)18(40-26(24)30)17-39-45(38-15-11-14-32)42-23-19(16-37-21(35)13-12-20(33)34)41-27(31)25(23)44-47(9,10)29(4,5)6/h18-19,22-27,36H,11-13,15-17H2,1-10H3,(H2,33,34)/t18-,19-,22?,23?,24?,25?,26-,27-,45?/m1/s1. The lowest BCUT2D eigenvalue weighted by molar-refractivity contribution is -0.149. The Labute approximate surface area is 286 Å². The zero-order valence-corrected chi connectivity index (χ0v) is 32.4. The zero-order chi connectivity index (χ0) is 36.0. The lowest BCUT2D eigenvalue weighted by atomic mass is 9.93. The molecule has 5 unspecified atom stereocenters. The van der Waals surface area contributed by atoms with E-state index in [9.17, 15) is 14.7 Å². The molecular formula is C29H53B2N2O11PSi2. The van der Waals surface area contributed by atoms with Gasteiger partial charge in [0.15, 0.2) is 16.6 Å². The second kappa shape index (κ2) is 17.4. The molecule has 2 aliphatic heterocycles. The van der Waals surface area contributed by atoms with E-state index in [2.05, 4.69) is 67.7 Å². The monoisotopic (exact) mass is 714 g/mol. The Balaban J connectivity index is 2.26. The second-order valence-electron chi connectivity index (χ2n) is 14.9. The van der Waals surface area contributed by atoms with Gasteiger partial charge < -0.3 is 47.5 Å². The maximum atomic E-state index is 12.3. The van der Waals surface area contributed by atoms with E-state index in [-0.39, 0.29) is 49.2 Å². The molecule has 0 saturated carbocycles. The number of rotatable bonds is 17. The number of nitrogens with two attached hydrogens (primary N) is 1. The van der Waals surface area contributed by atoms with Crippen LogP contribution in [0.2, 0.25) is 36.3 Å². The van der Waals surface area contributed by atoms with Crippen molar-refractivity contribution in [3.8, 4) is 6.07 Å². The van der Waals surface area contributed by atoms with Crippen LogP contribution in [0.1, 0.15) is 60.8 Å². The molecule has 2 fully saturated rings. The van der Waals surface area contributed by atoms with E-state index in [1.54, 1.807) is 0 Å². The van der Waals surface area contributed by atoms with Crippen LogP contribution in [0.3, 0.4) is 0 Å². The number of hydrogen-bond donors (Lipinski definition) is 2. The van der Waals surface area contributed by atoms with Crippen molar-refractivity contribution in [1.82, 2.24) is 0 Å². The average molecular weight is 715 g/mol. The summed E-state index contributed by atoms with van der Waals surface area (Å²) in [4.78, 5) is 23.4. The Morgan fingerprint density at radius 3 is 1.94 bits per heavy atom. The summed E-state index contributed by atoms with van der Waals surface area (Å²) in [6.07, 6.45) is -5.56. The molecule has 2 saturated heterocycles. The molecule has 0 spiro atoms. The number of aliphatic hydroxyl groups excluding tert-OH is 1. The fraction of sp³-hybridized carbons (Fsp3) is 0.897. The molecule has 13 nitrogen and oxygen atoms in total. The molecule has 3 N–H and O–H groups in total. The summed E-state index contributed by atoms with van der Waals surface area (Å²) in [6.45, 7) is 20.3. The Morgan fingerprint density at radius 1 is 0.872 bits per heavy atom. The molecule has 0 aromatic carbocycles. The predicted octanol–water partition coefficient (Wildman–Crippen LogP) is 3.28. The molecule has 2 aliphatic rings. The van der Waals surface area contributed by atoms with Crippen molar-refractivity contribution in [2.75, 3.05) is 19.8 Å². The first-order valence-corrected chi connectivity index (χ1v) is 22.8. The normalized spacial score (nSPS) is 29.4. The molecule has 18 heteroatoms. The minimum Gasteiger partial charge on any atom is -0.463 e. The lowest BCUT2D eigenvalue weighted by Crippen LogP contribution is -2.50. The van der Waals surface area contributed by atoms with Gasteiger partial charge in [0.1, 0.15) is 46.7 Å². The van der Waals surface area contributed by atoms with Gasteiger partial charge in [-0.25, -0.2) is 0 Å². The quantitative estimate of drug-likeness (QED) is 0.0975. The van der Waals surface area contributed by atoms with Crippen molar-refractivity contribution in [2.45, 2.75) is 146 Å². The summed E-state index contributed by atoms with van der Waals surface area (Å²) in [5.41, 5.74) is 5.15. The van der Waals surface area contributed by atoms with Crippen molar-refractivity contribution < 1.29 is 51.3 Å². The summed E-state index contributed by atoms with van der Waals surface area (Å²) < 4.78 is 48.5. The number of esters is 1. The van der Waals surface area contributed by atoms with E-state index in [0.717, 1.165) is 0 Å². The molecule has 4 radical (unpaired) electrons. The van der Waals surface area contributed by atoms with Crippen LogP contribution in [-0.4, -0.2) is 118 Å². The number of aliphatic hydroxyl groups is 1. The van der Waals surface area contributed by atoms with Crippen LogP contribution in [0.15, 0.2) is 0 Å². The Morgan fingerprint density at radius 2 is 1.40 bits per heavy atom. The van der Waals surface area contributed by atoms with Crippen LogP contribution >= 0.6 is 8.60 Å². The lowest BCUT2D eigenvalue weighted by Gasteiger charge is -2.40. The number of primary amides is 1. The summed E-state index contributed by atoms with van der Waals surface area (Å²) >= 11 is 0. The number of carbonyl (C=O) groups excluding carboxylic acids is 2. The molecule has 47 heavy (non-hydrogen) atoms. The maximum Gasteiger partial charge on any atom is 0.333 e. The minimum absolute atomic E-state index is 0.00688. The van der Waals surface area contributed by atoms with Crippen LogP contribution in [-0.2, 0) is 46.2 Å². The molecule has 2 heterocycles. The number of hydrogen-bond acceptors (Lipinski definition) is 12. The Kier molecular flexibility index (Phi) is 15.6. The number of amides is 1. The number of ether oxygens (including phenoxy) is 3. The molecule has 9 atom stereocenters. The SMILES string of the molecule is [B][C@@H]1O[C@H](COP(OCCC#N)OC2C(O[Si](C)(C)C(C)(C)C)[C@H]([B])O[C@@H]2COC(=O)CCC(N)=O)C(O)C1O[Si](C)(C)C(C)(C)C. The second-order valence-corrected chi connectivity index (χ2v) is 25.6. The molecule has 2 rings (SSSR count). The number of nitriles is 1. The van der Waals surface area contributed by atoms with E-state index in [0.29, 0.717) is 0 Å². The first kappa shape index (κ1) is 42.3. The average Bonchev–Trinajstić information content (AvgIpc) is 3.36. The van der Waals surface area contributed by atoms with Gasteiger partial charge in [0.25, 0.3) is 0 Å². The topological polar surface area (TPSA) is 178 Å². The van der Waals surface area contributed by atoms with Crippen molar-refractivity contribution in [3.63, 3.8) is 0 Å². The molecule has 264 valence electrons. The highest BCUT2D eigenvalue weighted by Crippen LogP contribution is 2.47. The van der Waals surface area contributed by atoms with Gasteiger partial charge in [-0.3, -0.25) is 9.59 Å². The Hall–Kier alpha value is -0.896.